The average Bonchev–Trinajstić information content (AvgIpc) is 2.03. The molecular formula is C10H10F. The second-order valence-electron chi connectivity index (χ2n) is 2.27. The molecule has 0 atom stereocenters. The molecule has 0 aliphatic rings. The van der Waals surface area contributed by atoms with E-state index >= 15 is 0 Å². The van der Waals surface area contributed by atoms with Crippen molar-refractivity contribution in [2.75, 3.05) is 0 Å². The average molecular weight is 149 g/mol. The lowest BCUT2D eigenvalue weighted by atomic mass is 10.1. The van der Waals surface area contributed by atoms with Crippen LogP contribution in [0.3, 0.4) is 0 Å². The molecule has 0 fully saturated rings. The Labute approximate surface area is 66.4 Å². The van der Waals surface area contributed by atoms with Crippen LogP contribution >= 0.6 is 0 Å². The molecule has 0 nitrogen and oxygen atoms in total. The summed E-state index contributed by atoms with van der Waals surface area (Å²) in [6, 6.07) is 6.75. The van der Waals surface area contributed by atoms with Gasteiger partial charge in [-0.3, -0.25) is 0 Å². The summed E-state index contributed by atoms with van der Waals surface area (Å²) in [6.45, 7) is 3.53. The van der Waals surface area contributed by atoms with E-state index < -0.39 is 0 Å². The van der Waals surface area contributed by atoms with Gasteiger partial charge in [0.1, 0.15) is 5.82 Å². The van der Waals surface area contributed by atoms with Crippen molar-refractivity contribution in [3.05, 3.63) is 54.7 Å². The van der Waals surface area contributed by atoms with Crippen molar-refractivity contribution in [2.45, 2.75) is 6.42 Å². The number of halogens is 1. The van der Waals surface area contributed by atoms with Crippen LogP contribution in [-0.2, 0) is 6.42 Å². The fourth-order valence-electron chi connectivity index (χ4n) is 0.874. The number of benzene rings is 1. The maximum Gasteiger partial charge on any atom is 0.126 e. The maximum absolute atomic E-state index is 12.9. The minimum atomic E-state index is -0.148. The molecule has 1 radical (unpaired) electrons. The molecule has 0 saturated carbocycles. The molecule has 0 unspecified atom stereocenters. The van der Waals surface area contributed by atoms with Crippen molar-refractivity contribution in [3.8, 4) is 0 Å². The molecule has 11 heavy (non-hydrogen) atoms. The second-order valence-corrected chi connectivity index (χ2v) is 2.27. The summed E-state index contributed by atoms with van der Waals surface area (Å²) < 4.78 is 12.9. The Bertz CT molecular complexity index is 251. The molecular weight excluding hydrogens is 139 g/mol. The van der Waals surface area contributed by atoms with Crippen LogP contribution < -0.4 is 0 Å². The highest BCUT2D eigenvalue weighted by Crippen LogP contribution is 2.06. The quantitative estimate of drug-likeness (QED) is 0.606. The number of hydrogen-bond donors (Lipinski definition) is 0. The van der Waals surface area contributed by atoms with Gasteiger partial charge in [0.05, 0.1) is 0 Å². The van der Waals surface area contributed by atoms with Gasteiger partial charge in [-0.05, 0) is 25.0 Å². The molecule has 0 aliphatic heterocycles. The number of rotatable bonds is 2. The van der Waals surface area contributed by atoms with Crippen molar-refractivity contribution >= 4 is 0 Å². The zero-order valence-corrected chi connectivity index (χ0v) is 6.26. The summed E-state index contributed by atoms with van der Waals surface area (Å²) in [5.74, 6) is -0.148. The third-order valence-electron chi connectivity index (χ3n) is 1.46. The van der Waals surface area contributed by atoms with E-state index in [0.717, 1.165) is 0 Å². The Morgan fingerprint density at radius 2 is 2.09 bits per heavy atom. The molecule has 0 amide bonds. The first-order valence-corrected chi connectivity index (χ1v) is 3.52. The van der Waals surface area contributed by atoms with E-state index in [9.17, 15) is 4.39 Å². The minimum absolute atomic E-state index is 0.148. The zero-order chi connectivity index (χ0) is 8.10. The molecule has 1 aromatic carbocycles. The highest BCUT2D eigenvalue weighted by molar-refractivity contribution is 5.19. The highest BCUT2D eigenvalue weighted by Gasteiger charge is 1.95. The van der Waals surface area contributed by atoms with E-state index in [1.165, 1.54) is 6.07 Å². The van der Waals surface area contributed by atoms with Gasteiger partial charge in [-0.25, -0.2) is 4.39 Å². The largest absolute Gasteiger partial charge is 0.207 e. The predicted octanol–water partition coefficient (Wildman–Crippen LogP) is 2.76. The first-order valence-electron chi connectivity index (χ1n) is 3.52. The van der Waals surface area contributed by atoms with E-state index in [2.05, 4.69) is 6.92 Å². The van der Waals surface area contributed by atoms with Gasteiger partial charge < -0.3 is 0 Å². The molecule has 0 spiro atoms. The molecule has 0 N–H and O–H groups in total. The molecule has 0 aromatic heterocycles. The van der Waals surface area contributed by atoms with E-state index in [4.69, 9.17) is 0 Å². The van der Waals surface area contributed by atoms with Crippen LogP contribution in [0.2, 0.25) is 0 Å². The van der Waals surface area contributed by atoms with E-state index in [1.54, 1.807) is 18.2 Å². The lowest BCUT2D eigenvalue weighted by molar-refractivity contribution is 0.615. The van der Waals surface area contributed by atoms with Crippen LogP contribution in [0.1, 0.15) is 5.56 Å². The van der Waals surface area contributed by atoms with Crippen LogP contribution in [-0.4, -0.2) is 0 Å². The van der Waals surface area contributed by atoms with Crippen molar-refractivity contribution in [3.63, 3.8) is 0 Å². The Balaban J connectivity index is 2.77. The molecule has 0 aliphatic carbocycles. The highest BCUT2D eigenvalue weighted by atomic mass is 19.1. The van der Waals surface area contributed by atoms with Gasteiger partial charge in [-0.2, -0.15) is 0 Å². The van der Waals surface area contributed by atoms with E-state index in [0.29, 0.717) is 12.0 Å². The Morgan fingerprint density at radius 3 is 2.73 bits per heavy atom. The van der Waals surface area contributed by atoms with Gasteiger partial charge in [0.25, 0.3) is 0 Å². The molecule has 57 valence electrons. The van der Waals surface area contributed by atoms with Crippen molar-refractivity contribution < 1.29 is 4.39 Å². The topological polar surface area (TPSA) is 0 Å². The first kappa shape index (κ1) is 7.99. The van der Waals surface area contributed by atoms with Gasteiger partial charge in [-0.15, -0.1) is 0 Å². The summed E-state index contributed by atoms with van der Waals surface area (Å²) in [7, 11) is 0. The smallest absolute Gasteiger partial charge is 0.126 e. The first-order chi connectivity index (χ1) is 5.34. The summed E-state index contributed by atoms with van der Waals surface area (Å²) >= 11 is 0. The van der Waals surface area contributed by atoms with E-state index in [-0.39, 0.29) is 5.82 Å². The third-order valence-corrected chi connectivity index (χ3v) is 1.46. The van der Waals surface area contributed by atoms with Gasteiger partial charge >= 0.3 is 0 Å². The van der Waals surface area contributed by atoms with Crippen LogP contribution in [0, 0.1) is 12.7 Å². The SMILES string of the molecule is [CH2]/C=C/Cc1ccccc1F. The fraction of sp³-hybridized carbons (Fsp3) is 0.100. The van der Waals surface area contributed by atoms with Crippen molar-refractivity contribution in [1.29, 1.82) is 0 Å². The Hall–Kier alpha value is -1.11. The normalized spacial score (nSPS) is 10.7. The van der Waals surface area contributed by atoms with Crippen LogP contribution in [0.4, 0.5) is 4.39 Å². The Kier molecular flexibility index (Phi) is 2.84. The summed E-state index contributed by atoms with van der Waals surface area (Å²) in [5, 5.41) is 0. The van der Waals surface area contributed by atoms with Gasteiger partial charge in [0, 0.05) is 0 Å². The Morgan fingerprint density at radius 1 is 1.36 bits per heavy atom. The van der Waals surface area contributed by atoms with Gasteiger partial charge in [0.2, 0.25) is 0 Å². The van der Waals surface area contributed by atoms with Gasteiger partial charge in [-0.1, -0.05) is 30.4 Å². The second kappa shape index (κ2) is 3.91. The molecule has 1 rings (SSSR count). The summed E-state index contributed by atoms with van der Waals surface area (Å²) in [6.07, 6.45) is 4.13. The maximum atomic E-state index is 12.9. The third kappa shape index (κ3) is 2.19. The molecule has 0 saturated heterocycles. The number of allylic oxidation sites excluding steroid dienone is 2. The van der Waals surface area contributed by atoms with Crippen molar-refractivity contribution in [1.82, 2.24) is 0 Å². The van der Waals surface area contributed by atoms with E-state index in [1.807, 2.05) is 12.1 Å². The minimum Gasteiger partial charge on any atom is -0.207 e. The lowest BCUT2D eigenvalue weighted by Gasteiger charge is -1.96. The fourth-order valence-corrected chi connectivity index (χ4v) is 0.874. The predicted molar refractivity (Wildman–Crippen MR) is 44.6 cm³/mol. The van der Waals surface area contributed by atoms with Crippen LogP contribution in [0.15, 0.2) is 36.4 Å². The standard InChI is InChI=1S/C10H10F/c1-2-3-6-9-7-4-5-8-10(9)11/h2-5,7-8H,1,6H2/b3-2+. The molecule has 0 bridgehead atoms. The lowest BCUT2D eigenvalue weighted by Crippen LogP contribution is -1.85. The molecule has 1 heteroatoms. The van der Waals surface area contributed by atoms with Crippen LogP contribution in [0.25, 0.3) is 0 Å². The number of hydrogen-bond acceptors (Lipinski definition) is 0. The summed E-state index contributed by atoms with van der Waals surface area (Å²) in [5.41, 5.74) is 0.715. The summed E-state index contributed by atoms with van der Waals surface area (Å²) in [4.78, 5) is 0. The zero-order valence-electron chi connectivity index (χ0n) is 6.26. The van der Waals surface area contributed by atoms with Crippen LogP contribution in [0.5, 0.6) is 0 Å². The molecule has 0 heterocycles. The monoisotopic (exact) mass is 149 g/mol. The van der Waals surface area contributed by atoms with Crippen molar-refractivity contribution in [2.24, 2.45) is 0 Å². The molecule has 1 aromatic rings. The van der Waals surface area contributed by atoms with Gasteiger partial charge in [0.15, 0.2) is 0 Å².